The number of carbonyl (C=O) groups excluding carboxylic acids is 2. The molecule has 0 spiro atoms. The summed E-state index contributed by atoms with van der Waals surface area (Å²) in [7, 11) is 0. The Bertz CT molecular complexity index is 764. The van der Waals surface area contributed by atoms with E-state index in [1.807, 2.05) is 34.5 Å². The van der Waals surface area contributed by atoms with Crippen LogP contribution in [0.3, 0.4) is 0 Å². The van der Waals surface area contributed by atoms with Crippen LogP contribution in [0, 0.1) is 0 Å². The predicted octanol–water partition coefficient (Wildman–Crippen LogP) is 2.48. The minimum atomic E-state index is -0.0902. The first-order valence-corrected chi connectivity index (χ1v) is 9.75. The number of hydrogen-bond donors (Lipinski definition) is 1. The molecule has 2 heterocycles. The van der Waals surface area contributed by atoms with Gasteiger partial charge in [0.2, 0.25) is 11.8 Å². The molecule has 6 nitrogen and oxygen atoms in total. The Morgan fingerprint density at radius 3 is 2.46 bits per heavy atom. The molecule has 0 unspecified atom stereocenters. The number of benzene rings is 1. The molecule has 1 aliphatic rings. The normalized spacial score (nSPS) is 15.1. The zero-order valence-electron chi connectivity index (χ0n) is 15.2. The smallest absolute Gasteiger partial charge is 0.228 e. The number of hydrogen-bond acceptors (Lipinski definition) is 5. The quantitative estimate of drug-likeness (QED) is 0.876. The molecule has 1 N–H and O–H groups in total. The zero-order chi connectivity index (χ0) is 18.5. The predicted molar refractivity (Wildman–Crippen MR) is 104 cm³/mol. The van der Waals surface area contributed by atoms with E-state index in [-0.39, 0.29) is 11.8 Å². The van der Waals surface area contributed by atoms with Crippen LogP contribution in [0.4, 0.5) is 5.69 Å². The van der Waals surface area contributed by atoms with E-state index in [0.717, 1.165) is 54.7 Å². The highest BCUT2D eigenvalue weighted by Gasteiger charge is 2.21. The number of aromatic nitrogens is 1. The summed E-state index contributed by atoms with van der Waals surface area (Å²) in [6.45, 7) is 8.17. The van der Waals surface area contributed by atoms with E-state index >= 15 is 0 Å². The van der Waals surface area contributed by atoms with Crippen LogP contribution in [0.25, 0.3) is 10.6 Å². The van der Waals surface area contributed by atoms with Gasteiger partial charge in [0.25, 0.3) is 0 Å². The van der Waals surface area contributed by atoms with Crippen molar-refractivity contribution in [2.75, 3.05) is 38.0 Å². The van der Waals surface area contributed by atoms with Gasteiger partial charge in [-0.2, -0.15) is 0 Å². The maximum absolute atomic E-state index is 12.5. The minimum absolute atomic E-state index is 0.0902. The van der Waals surface area contributed by atoms with Crippen LogP contribution in [0.2, 0.25) is 0 Å². The van der Waals surface area contributed by atoms with Crippen molar-refractivity contribution in [1.29, 1.82) is 0 Å². The molecular formula is C19H24N4O2S. The summed E-state index contributed by atoms with van der Waals surface area (Å²) in [5.41, 5.74) is 2.57. The molecule has 1 saturated heterocycles. The number of carbonyl (C=O) groups is 2. The molecule has 2 aromatic rings. The molecule has 1 aliphatic heterocycles. The Morgan fingerprint density at radius 1 is 1.15 bits per heavy atom. The molecule has 7 heteroatoms. The molecule has 138 valence electrons. The topological polar surface area (TPSA) is 65.5 Å². The summed E-state index contributed by atoms with van der Waals surface area (Å²) in [6, 6.07) is 7.58. The van der Waals surface area contributed by atoms with Crippen molar-refractivity contribution in [3.05, 3.63) is 35.3 Å². The van der Waals surface area contributed by atoms with E-state index in [1.54, 1.807) is 0 Å². The van der Waals surface area contributed by atoms with Crippen LogP contribution in [0.15, 0.2) is 29.6 Å². The lowest BCUT2D eigenvalue weighted by Crippen LogP contribution is -2.48. The summed E-state index contributed by atoms with van der Waals surface area (Å²) < 4.78 is 0. The Balaban J connectivity index is 1.59. The summed E-state index contributed by atoms with van der Waals surface area (Å²) in [5, 5.41) is 5.59. The van der Waals surface area contributed by atoms with Gasteiger partial charge in [-0.25, -0.2) is 4.98 Å². The minimum Gasteiger partial charge on any atom is -0.340 e. The second kappa shape index (κ2) is 8.42. The van der Waals surface area contributed by atoms with Gasteiger partial charge in [0.05, 0.1) is 12.1 Å². The largest absolute Gasteiger partial charge is 0.340 e. The molecule has 0 atom stereocenters. The highest BCUT2D eigenvalue weighted by atomic mass is 32.1. The van der Waals surface area contributed by atoms with Crippen molar-refractivity contribution in [3.63, 3.8) is 0 Å². The molecule has 0 saturated carbocycles. The third kappa shape index (κ3) is 4.68. The van der Waals surface area contributed by atoms with Crippen LogP contribution >= 0.6 is 11.3 Å². The second-order valence-electron chi connectivity index (χ2n) is 6.39. The van der Waals surface area contributed by atoms with Gasteiger partial charge in [-0.15, -0.1) is 11.3 Å². The average Bonchev–Trinajstić information content (AvgIpc) is 3.10. The first-order chi connectivity index (χ1) is 12.5. The molecule has 2 amide bonds. The molecule has 26 heavy (non-hydrogen) atoms. The van der Waals surface area contributed by atoms with Gasteiger partial charge in [0, 0.05) is 49.7 Å². The lowest BCUT2D eigenvalue weighted by atomic mass is 10.2. The summed E-state index contributed by atoms with van der Waals surface area (Å²) in [6.07, 6.45) is 0.354. The molecule has 0 aliphatic carbocycles. The van der Waals surface area contributed by atoms with Gasteiger partial charge < -0.3 is 15.1 Å². The van der Waals surface area contributed by atoms with E-state index in [1.165, 1.54) is 18.3 Å². The van der Waals surface area contributed by atoms with Crippen LogP contribution in [0.5, 0.6) is 0 Å². The Labute approximate surface area is 157 Å². The first-order valence-electron chi connectivity index (χ1n) is 8.87. The van der Waals surface area contributed by atoms with Crippen LogP contribution in [-0.4, -0.2) is 59.3 Å². The molecule has 3 rings (SSSR count). The lowest BCUT2D eigenvalue weighted by Gasteiger charge is -2.34. The fourth-order valence-electron chi connectivity index (χ4n) is 3.00. The van der Waals surface area contributed by atoms with Crippen molar-refractivity contribution in [2.24, 2.45) is 0 Å². The van der Waals surface area contributed by atoms with E-state index in [4.69, 9.17) is 0 Å². The fraction of sp³-hybridized carbons (Fsp3) is 0.421. The molecule has 1 fully saturated rings. The second-order valence-corrected chi connectivity index (χ2v) is 7.25. The van der Waals surface area contributed by atoms with Crippen molar-refractivity contribution in [1.82, 2.24) is 14.8 Å². The van der Waals surface area contributed by atoms with Gasteiger partial charge in [0.15, 0.2) is 0 Å². The molecule has 0 bridgehead atoms. The number of likely N-dealkylation sites (N-methyl/N-ethyl adjacent to an activating group) is 1. The van der Waals surface area contributed by atoms with Crippen LogP contribution in [0.1, 0.15) is 19.5 Å². The van der Waals surface area contributed by atoms with Gasteiger partial charge in [0.1, 0.15) is 5.01 Å². The van der Waals surface area contributed by atoms with Crippen LogP contribution < -0.4 is 5.32 Å². The summed E-state index contributed by atoms with van der Waals surface area (Å²) >= 11 is 1.54. The number of nitrogens with zero attached hydrogens (tertiary/aromatic N) is 3. The SMILES string of the molecule is CCN1CCN(C(=O)Cc2csc(-c3ccc(NC(C)=O)cc3)n2)CC1. The van der Waals surface area contributed by atoms with Gasteiger partial charge in [-0.05, 0) is 30.8 Å². The zero-order valence-corrected chi connectivity index (χ0v) is 16.0. The summed E-state index contributed by atoms with van der Waals surface area (Å²) in [4.78, 5) is 32.5. The number of nitrogens with one attached hydrogen (secondary N) is 1. The highest BCUT2D eigenvalue weighted by molar-refractivity contribution is 7.13. The number of piperazine rings is 1. The van der Waals surface area contributed by atoms with Crippen molar-refractivity contribution in [3.8, 4) is 10.6 Å². The number of thiazole rings is 1. The molecular weight excluding hydrogens is 348 g/mol. The Morgan fingerprint density at radius 2 is 1.85 bits per heavy atom. The fourth-order valence-corrected chi connectivity index (χ4v) is 3.83. The molecule has 1 aromatic carbocycles. The van der Waals surface area contributed by atoms with E-state index in [0.29, 0.717) is 6.42 Å². The van der Waals surface area contributed by atoms with Gasteiger partial charge in [-0.3, -0.25) is 9.59 Å². The van der Waals surface area contributed by atoms with Crippen molar-refractivity contribution < 1.29 is 9.59 Å². The third-order valence-corrected chi connectivity index (χ3v) is 5.45. The first kappa shape index (κ1) is 18.5. The number of anilines is 1. The maximum atomic E-state index is 12.5. The van der Waals surface area contributed by atoms with Crippen molar-refractivity contribution >= 4 is 28.8 Å². The maximum Gasteiger partial charge on any atom is 0.228 e. The monoisotopic (exact) mass is 372 g/mol. The molecule has 1 aromatic heterocycles. The molecule has 0 radical (unpaired) electrons. The van der Waals surface area contributed by atoms with E-state index in [9.17, 15) is 9.59 Å². The van der Waals surface area contributed by atoms with Crippen molar-refractivity contribution in [2.45, 2.75) is 20.3 Å². The lowest BCUT2D eigenvalue weighted by molar-refractivity contribution is -0.132. The summed E-state index contributed by atoms with van der Waals surface area (Å²) in [5.74, 6) is 0.0613. The Kier molecular flexibility index (Phi) is 6.00. The van der Waals surface area contributed by atoms with E-state index < -0.39 is 0 Å². The highest BCUT2D eigenvalue weighted by Crippen LogP contribution is 2.25. The Hall–Kier alpha value is -2.25. The van der Waals surface area contributed by atoms with E-state index in [2.05, 4.69) is 22.1 Å². The average molecular weight is 372 g/mol. The van der Waals surface area contributed by atoms with Gasteiger partial charge >= 0.3 is 0 Å². The standard InChI is InChI=1S/C19H24N4O2S/c1-3-22-8-10-23(11-9-22)18(25)12-17-13-26-19(21-17)15-4-6-16(7-5-15)20-14(2)24/h4-7,13H,3,8-12H2,1-2H3,(H,20,24). The number of amides is 2. The van der Waals surface area contributed by atoms with Gasteiger partial charge in [-0.1, -0.05) is 6.92 Å². The van der Waals surface area contributed by atoms with Crippen LogP contribution in [-0.2, 0) is 16.0 Å². The third-order valence-electron chi connectivity index (χ3n) is 4.51. The number of rotatable bonds is 5.